The van der Waals surface area contributed by atoms with Crippen molar-refractivity contribution in [1.29, 1.82) is 0 Å². The standard InChI is InChI=1S/C17H23N3/c1-4-9-13(3)15-16(18)20(12-5-2)17(19-15)14-10-7-6-8-11-14/h5-8,10-11,13H,2,4,9,12,18H2,1,3H3. The Morgan fingerprint density at radius 2 is 2.05 bits per heavy atom. The van der Waals surface area contributed by atoms with Crippen LogP contribution in [0, 0.1) is 0 Å². The first-order chi connectivity index (χ1) is 9.69. The van der Waals surface area contributed by atoms with Gasteiger partial charge in [0.1, 0.15) is 11.6 Å². The molecule has 0 saturated heterocycles. The Morgan fingerprint density at radius 3 is 2.65 bits per heavy atom. The topological polar surface area (TPSA) is 43.8 Å². The minimum absolute atomic E-state index is 0.383. The van der Waals surface area contributed by atoms with Crippen LogP contribution in [0.4, 0.5) is 5.82 Å². The number of nitrogens with zero attached hydrogens (tertiary/aromatic N) is 2. The number of hydrogen-bond donors (Lipinski definition) is 1. The average Bonchev–Trinajstić information content (AvgIpc) is 2.78. The van der Waals surface area contributed by atoms with E-state index in [1.807, 2.05) is 28.8 Å². The van der Waals surface area contributed by atoms with Gasteiger partial charge in [-0.25, -0.2) is 4.98 Å². The normalized spacial score (nSPS) is 12.3. The van der Waals surface area contributed by atoms with E-state index < -0.39 is 0 Å². The van der Waals surface area contributed by atoms with Crippen LogP contribution in [0.15, 0.2) is 43.0 Å². The molecule has 3 nitrogen and oxygen atoms in total. The zero-order valence-electron chi connectivity index (χ0n) is 12.3. The molecule has 20 heavy (non-hydrogen) atoms. The molecular weight excluding hydrogens is 246 g/mol. The molecule has 106 valence electrons. The van der Waals surface area contributed by atoms with Crippen molar-refractivity contribution in [3.05, 3.63) is 48.7 Å². The number of nitrogens with two attached hydrogens (primary N) is 1. The molecule has 1 heterocycles. The lowest BCUT2D eigenvalue weighted by molar-refractivity contribution is 0.652. The number of aromatic nitrogens is 2. The van der Waals surface area contributed by atoms with Gasteiger partial charge in [-0.05, 0) is 6.42 Å². The molecule has 0 aliphatic heterocycles. The highest BCUT2D eigenvalue weighted by Crippen LogP contribution is 2.30. The molecule has 2 N–H and O–H groups in total. The molecule has 2 rings (SSSR count). The minimum atomic E-state index is 0.383. The van der Waals surface area contributed by atoms with Crippen molar-refractivity contribution in [2.75, 3.05) is 5.73 Å². The lowest BCUT2D eigenvalue weighted by Crippen LogP contribution is -2.05. The van der Waals surface area contributed by atoms with Gasteiger partial charge in [0, 0.05) is 18.0 Å². The zero-order valence-corrected chi connectivity index (χ0v) is 12.3. The maximum atomic E-state index is 6.31. The second kappa shape index (κ2) is 6.42. The Morgan fingerprint density at radius 1 is 1.35 bits per heavy atom. The number of rotatable bonds is 6. The van der Waals surface area contributed by atoms with Crippen LogP contribution >= 0.6 is 0 Å². The van der Waals surface area contributed by atoms with Crippen LogP contribution in [0.3, 0.4) is 0 Å². The van der Waals surface area contributed by atoms with Crippen LogP contribution in [-0.2, 0) is 6.54 Å². The number of nitrogen functional groups attached to an aromatic ring is 1. The van der Waals surface area contributed by atoms with Crippen LogP contribution in [0.2, 0.25) is 0 Å². The van der Waals surface area contributed by atoms with Gasteiger partial charge in [-0.1, -0.05) is 56.7 Å². The van der Waals surface area contributed by atoms with Gasteiger partial charge in [0.2, 0.25) is 0 Å². The molecule has 0 fully saturated rings. The van der Waals surface area contributed by atoms with Crippen LogP contribution in [0.5, 0.6) is 0 Å². The molecule has 0 aliphatic rings. The number of allylic oxidation sites excluding steroid dienone is 1. The SMILES string of the molecule is C=CCn1c(-c2ccccc2)nc(C(C)CCC)c1N. The number of hydrogen-bond acceptors (Lipinski definition) is 2. The first-order valence-electron chi connectivity index (χ1n) is 7.21. The highest BCUT2D eigenvalue weighted by molar-refractivity contribution is 5.61. The third kappa shape index (κ3) is 2.77. The number of anilines is 1. The molecule has 0 bridgehead atoms. The van der Waals surface area contributed by atoms with E-state index in [1.165, 1.54) is 0 Å². The van der Waals surface area contributed by atoms with Crippen molar-refractivity contribution in [2.24, 2.45) is 0 Å². The maximum Gasteiger partial charge on any atom is 0.142 e. The van der Waals surface area contributed by atoms with Crippen LogP contribution in [0.1, 0.15) is 38.3 Å². The summed E-state index contributed by atoms with van der Waals surface area (Å²) in [5.41, 5.74) is 8.41. The Bertz CT molecular complexity index is 569. The van der Waals surface area contributed by atoms with Crippen molar-refractivity contribution in [2.45, 2.75) is 39.2 Å². The van der Waals surface area contributed by atoms with Gasteiger partial charge in [0.05, 0.1) is 5.69 Å². The van der Waals surface area contributed by atoms with E-state index in [1.54, 1.807) is 0 Å². The molecule has 0 spiro atoms. The van der Waals surface area contributed by atoms with E-state index in [2.05, 4.69) is 32.6 Å². The highest BCUT2D eigenvalue weighted by atomic mass is 15.1. The Labute approximate surface area is 121 Å². The van der Waals surface area contributed by atoms with E-state index >= 15 is 0 Å². The number of imidazole rings is 1. The summed E-state index contributed by atoms with van der Waals surface area (Å²) in [6, 6.07) is 10.2. The summed E-state index contributed by atoms with van der Waals surface area (Å²) in [5, 5.41) is 0. The van der Waals surface area contributed by atoms with Gasteiger partial charge in [0.25, 0.3) is 0 Å². The fourth-order valence-corrected chi connectivity index (χ4v) is 2.54. The molecule has 1 atom stereocenters. The molecule has 1 unspecified atom stereocenters. The fraction of sp³-hybridized carbons (Fsp3) is 0.353. The molecule has 0 radical (unpaired) electrons. The van der Waals surface area contributed by atoms with E-state index in [0.717, 1.165) is 35.7 Å². The van der Waals surface area contributed by atoms with E-state index in [-0.39, 0.29) is 0 Å². The third-order valence-electron chi connectivity index (χ3n) is 3.57. The molecule has 0 aliphatic carbocycles. The largest absolute Gasteiger partial charge is 0.384 e. The van der Waals surface area contributed by atoms with Crippen molar-refractivity contribution in [3.8, 4) is 11.4 Å². The minimum Gasteiger partial charge on any atom is -0.384 e. The van der Waals surface area contributed by atoms with Gasteiger partial charge in [-0.3, -0.25) is 0 Å². The monoisotopic (exact) mass is 269 g/mol. The predicted octanol–water partition coefficient (Wildman–Crippen LogP) is 4.22. The summed E-state index contributed by atoms with van der Waals surface area (Å²) in [7, 11) is 0. The van der Waals surface area contributed by atoms with Crippen molar-refractivity contribution in [3.63, 3.8) is 0 Å². The van der Waals surface area contributed by atoms with Crippen molar-refractivity contribution < 1.29 is 0 Å². The quantitative estimate of drug-likeness (QED) is 0.798. The van der Waals surface area contributed by atoms with Gasteiger partial charge in [-0.2, -0.15) is 0 Å². The lowest BCUT2D eigenvalue weighted by Gasteiger charge is -2.09. The zero-order chi connectivity index (χ0) is 14.5. The van der Waals surface area contributed by atoms with Crippen LogP contribution in [-0.4, -0.2) is 9.55 Å². The molecule has 1 aromatic heterocycles. The predicted molar refractivity (Wildman–Crippen MR) is 85.6 cm³/mol. The second-order valence-corrected chi connectivity index (χ2v) is 5.16. The fourth-order valence-electron chi connectivity index (χ4n) is 2.54. The van der Waals surface area contributed by atoms with Gasteiger partial charge >= 0.3 is 0 Å². The molecule has 2 aromatic rings. The molecule has 1 aromatic carbocycles. The lowest BCUT2D eigenvalue weighted by atomic mass is 10.0. The van der Waals surface area contributed by atoms with Gasteiger partial charge in [-0.15, -0.1) is 6.58 Å². The summed E-state index contributed by atoms with van der Waals surface area (Å²) in [6.07, 6.45) is 4.10. The maximum absolute atomic E-state index is 6.31. The Kier molecular flexibility index (Phi) is 4.61. The van der Waals surface area contributed by atoms with Crippen molar-refractivity contribution >= 4 is 5.82 Å². The first-order valence-corrected chi connectivity index (χ1v) is 7.21. The smallest absolute Gasteiger partial charge is 0.142 e. The van der Waals surface area contributed by atoms with E-state index in [9.17, 15) is 0 Å². The van der Waals surface area contributed by atoms with Crippen LogP contribution in [0.25, 0.3) is 11.4 Å². The molecule has 3 heteroatoms. The van der Waals surface area contributed by atoms with Crippen LogP contribution < -0.4 is 5.73 Å². The Balaban J connectivity index is 2.50. The first kappa shape index (κ1) is 14.4. The number of benzene rings is 1. The summed E-state index contributed by atoms with van der Waals surface area (Å²) < 4.78 is 2.05. The summed E-state index contributed by atoms with van der Waals surface area (Å²) in [5.74, 6) is 2.08. The highest BCUT2D eigenvalue weighted by Gasteiger charge is 2.19. The molecule has 0 saturated carbocycles. The van der Waals surface area contributed by atoms with Crippen molar-refractivity contribution in [1.82, 2.24) is 9.55 Å². The van der Waals surface area contributed by atoms with E-state index in [4.69, 9.17) is 10.7 Å². The summed E-state index contributed by atoms with van der Waals surface area (Å²) in [4.78, 5) is 4.81. The molecular formula is C17H23N3. The second-order valence-electron chi connectivity index (χ2n) is 5.16. The van der Waals surface area contributed by atoms with Gasteiger partial charge in [0.15, 0.2) is 0 Å². The molecule has 0 amide bonds. The third-order valence-corrected chi connectivity index (χ3v) is 3.57. The average molecular weight is 269 g/mol. The summed E-state index contributed by atoms with van der Waals surface area (Å²) in [6.45, 7) is 8.88. The van der Waals surface area contributed by atoms with Gasteiger partial charge < -0.3 is 10.3 Å². The summed E-state index contributed by atoms with van der Waals surface area (Å²) >= 11 is 0. The Hall–Kier alpha value is -2.03. The van der Waals surface area contributed by atoms with E-state index in [0.29, 0.717) is 12.5 Å².